The minimum atomic E-state index is -0.696. The second kappa shape index (κ2) is 3.98. The van der Waals surface area contributed by atoms with Gasteiger partial charge in [0.15, 0.2) is 12.2 Å². The zero-order chi connectivity index (χ0) is 10.8. The molecule has 1 heterocycles. The third-order valence-electron chi connectivity index (χ3n) is 1.96. The molecule has 0 saturated carbocycles. The van der Waals surface area contributed by atoms with Gasteiger partial charge < -0.3 is 4.42 Å². The Kier molecular flexibility index (Phi) is 2.68. The Labute approximate surface area is 89.5 Å². The summed E-state index contributed by atoms with van der Waals surface area (Å²) in [4.78, 5) is 3.76. The van der Waals surface area contributed by atoms with Crippen molar-refractivity contribution in [1.82, 2.24) is 4.98 Å². The molecular weight excluding hydrogens is 224 g/mol. The third-order valence-corrected chi connectivity index (χ3v) is 2.21. The summed E-state index contributed by atoms with van der Waals surface area (Å²) in [6, 6.07) is 3.59. The van der Waals surface area contributed by atoms with Crippen LogP contribution in [0.3, 0.4) is 0 Å². The van der Waals surface area contributed by atoms with Gasteiger partial charge in [-0.15, -0.1) is 11.6 Å². The van der Waals surface area contributed by atoms with E-state index >= 15 is 0 Å². The smallest absolute Gasteiger partial charge is 0.181 e. The summed E-state index contributed by atoms with van der Waals surface area (Å²) >= 11 is 5.56. The van der Waals surface area contributed by atoms with E-state index in [9.17, 15) is 8.78 Å². The lowest BCUT2D eigenvalue weighted by Crippen LogP contribution is -1.91. The van der Waals surface area contributed by atoms with Crippen molar-refractivity contribution >= 4 is 11.6 Å². The fourth-order valence-corrected chi connectivity index (χ4v) is 1.47. The van der Waals surface area contributed by atoms with Crippen LogP contribution >= 0.6 is 11.6 Å². The highest BCUT2D eigenvalue weighted by atomic mass is 35.5. The number of halogens is 3. The molecule has 0 aliphatic heterocycles. The second-order valence-corrected chi connectivity index (χ2v) is 3.13. The summed E-state index contributed by atoms with van der Waals surface area (Å²) in [5, 5.41) is 0. The largest absolute Gasteiger partial charge is 0.443 e. The Hall–Kier alpha value is -1.42. The molecule has 2 nitrogen and oxygen atoms in total. The Bertz CT molecular complexity index is 464. The molecule has 0 aliphatic carbocycles. The highest BCUT2D eigenvalue weighted by Gasteiger charge is 2.18. The molecule has 0 spiro atoms. The average Bonchev–Trinajstić information content (AvgIpc) is 2.65. The number of benzene rings is 1. The van der Waals surface area contributed by atoms with Crippen LogP contribution in [0.2, 0.25) is 0 Å². The maximum Gasteiger partial charge on any atom is 0.181 e. The van der Waals surface area contributed by atoms with Gasteiger partial charge in [-0.05, 0) is 12.1 Å². The maximum absolute atomic E-state index is 13.4. The molecule has 78 valence electrons. The molecule has 1 aromatic heterocycles. The SMILES string of the molecule is Fc1cccc(F)c1-c1ocnc1CCl. The molecule has 2 rings (SSSR count). The first kappa shape index (κ1) is 10.1. The van der Waals surface area contributed by atoms with Gasteiger partial charge in [-0.25, -0.2) is 13.8 Å². The lowest BCUT2D eigenvalue weighted by molar-refractivity contribution is 0.542. The van der Waals surface area contributed by atoms with E-state index in [4.69, 9.17) is 16.0 Å². The van der Waals surface area contributed by atoms with Gasteiger partial charge in [0.25, 0.3) is 0 Å². The van der Waals surface area contributed by atoms with E-state index < -0.39 is 11.6 Å². The fraction of sp³-hybridized carbons (Fsp3) is 0.100. The van der Waals surface area contributed by atoms with Crippen molar-refractivity contribution in [3.8, 4) is 11.3 Å². The van der Waals surface area contributed by atoms with Gasteiger partial charge in [0.2, 0.25) is 0 Å². The van der Waals surface area contributed by atoms with Crippen LogP contribution < -0.4 is 0 Å². The van der Waals surface area contributed by atoms with Gasteiger partial charge in [0, 0.05) is 0 Å². The van der Waals surface area contributed by atoms with Crippen molar-refractivity contribution in [3.05, 3.63) is 41.9 Å². The zero-order valence-corrected chi connectivity index (χ0v) is 8.26. The van der Waals surface area contributed by atoms with Crippen LogP contribution in [0.4, 0.5) is 8.78 Å². The van der Waals surface area contributed by atoms with E-state index in [1.807, 2.05) is 0 Å². The Morgan fingerprint density at radius 3 is 2.53 bits per heavy atom. The summed E-state index contributed by atoms with van der Waals surface area (Å²) in [6.07, 6.45) is 1.11. The van der Waals surface area contributed by atoms with Crippen molar-refractivity contribution in [3.63, 3.8) is 0 Å². The van der Waals surface area contributed by atoms with E-state index in [0.717, 1.165) is 18.5 Å². The average molecular weight is 230 g/mol. The molecular formula is C10H6ClF2NO. The standard InChI is InChI=1S/C10H6ClF2NO/c11-4-8-10(15-5-14-8)9-6(12)2-1-3-7(9)13/h1-3,5H,4H2. The van der Waals surface area contributed by atoms with E-state index in [-0.39, 0.29) is 17.2 Å². The number of oxazole rings is 1. The van der Waals surface area contributed by atoms with Gasteiger partial charge in [0.1, 0.15) is 17.3 Å². The normalized spacial score (nSPS) is 10.6. The summed E-state index contributed by atoms with van der Waals surface area (Å²) in [6.45, 7) is 0. The molecule has 0 amide bonds. The number of hydrogen-bond donors (Lipinski definition) is 0. The lowest BCUT2D eigenvalue weighted by atomic mass is 10.1. The van der Waals surface area contributed by atoms with Crippen molar-refractivity contribution < 1.29 is 13.2 Å². The monoisotopic (exact) mass is 229 g/mol. The molecule has 2 aromatic rings. The van der Waals surface area contributed by atoms with Crippen molar-refractivity contribution in [2.45, 2.75) is 5.88 Å². The topological polar surface area (TPSA) is 26.0 Å². The predicted octanol–water partition coefficient (Wildman–Crippen LogP) is 3.36. The molecule has 0 saturated heterocycles. The minimum Gasteiger partial charge on any atom is -0.443 e. The van der Waals surface area contributed by atoms with Gasteiger partial charge >= 0.3 is 0 Å². The van der Waals surface area contributed by atoms with E-state index in [1.54, 1.807) is 0 Å². The second-order valence-electron chi connectivity index (χ2n) is 2.86. The molecule has 0 atom stereocenters. The van der Waals surface area contributed by atoms with Crippen LogP contribution in [-0.4, -0.2) is 4.98 Å². The molecule has 0 unspecified atom stereocenters. The van der Waals surface area contributed by atoms with Crippen LogP contribution in [0.15, 0.2) is 29.0 Å². The van der Waals surface area contributed by atoms with Gasteiger partial charge in [-0.3, -0.25) is 0 Å². The Balaban J connectivity index is 2.63. The highest BCUT2D eigenvalue weighted by Crippen LogP contribution is 2.29. The number of rotatable bonds is 2. The first-order valence-electron chi connectivity index (χ1n) is 4.16. The van der Waals surface area contributed by atoms with Crippen LogP contribution in [0.5, 0.6) is 0 Å². The summed E-state index contributed by atoms with van der Waals surface area (Å²) in [7, 11) is 0. The minimum absolute atomic E-state index is 0.0413. The molecule has 1 aromatic carbocycles. The van der Waals surface area contributed by atoms with Crippen molar-refractivity contribution in [1.29, 1.82) is 0 Å². The third kappa shape index (κ3) is 1.72. The van der Waals surface area contributed by atoms with Crippen LogP contribution in [-0.2, 0) is 5.88 Å². The number of alkyl halides is 1. The van der Waals surface area contributed by atoms with Crippen LogP contribution in [0.1, 0.15) is 5.69 Å². The highest BCUT2D eigenvalue weighted by molar-refractivity contribution is 6.17. The molecule has 0 aliphatic rings. The van der Waals surface area contributed by atoms with Gasteiger partial charge in [-0.1, -0.05) is 6.07 Å². The molecule has 5 heteroatoms. The van der Waals surface area contributed by atoms with Crippen LogP contribution in [0.25, 0.3) is 11.3 Å². The molecule has 15 heavy (non-hydrogen) atoms. The van der Waals surface area contributed by atoms with E-state index in [1.165, 1.54) is 6.07 Å². The number of hydrogen-bond acceptors (Lipinski definition) is 2. The van der Waals surface area contributed by atoms with Crippen molar-refractivity contribution in [2.75, 3.05) is 0 Å². The summed E-state index contributed by atoms with van der Waals surface area (Å²) < 4.78 is 31.6. The molecule has 0 N–H and O–H groups in total. The van der Waals surface area contributed by atoms with Crippen molar-refractivity contribution in [2.24, 2.45) is 0 Å². The summed E-state index contributed by atoms with van der Waals surface area (Å²) in [5.41, 5.74) is 0.0892. The summed E-state index contributed by atoms with van der Waals surface area (Å²) in [5.74, 6) is -1.31. The molecule has 0 bridgehead atoms. The first-order valence-corrected chi connectivity index (χ1v) is 4.70. The first-order chi connectivity index (χ1) is 7.24. The predicted molar refractivity (Wildman–Crippen MR) is 51.4 cm³/mol. The number of aromatic nitrogens is 1. The van der Waals surface area contributed by atoms with E-state index in [0.29, 0.717) is 5.69 Å². The van der Waals surface area contributed by atoms with E-state index in [2.05, 4.69) is 4.98 Å². The van der Waals surface area contributed by atoms with Crippen LogP contribution in [0, 0.1) is 11.6 Å². The fourth-order valence-electron chi connectivity index (χ4n) is 1.28. The molecule has 0 fully saturated rings. The number of nitrogens with zero attached hydrogens (tertiary/aromatic N) is 1. The van der Waals surface area contributed by atoms with Gasteiger partial charge in [0.05, 0.1) is 11.4 Å². The maximum atomic E-state index is 13.4. The Morgan fingerprint density at radius 2 is 1.93 bits per heavy atom. The quantitative estimate of drug-likeness (QED) is 0.738. The van der Waals surface area contributed by atoms with Gasteiger partial charge in [-0.2, -0.15) is 0 Å². The Morgan fingerprint density at radius 1 is 1.27 bits per heavy atom. The molecule has 0 radical (unpaired) electrons. The zero-order valence-electron chi connectivity index (χ0n) is 7.51. The lowest BCUT2D eigenvalue weighted by Gasteiger charge is -2.01.